The lowest BCUT2D eigenvalue weighted by Gasteiger charge is -2.13. The molecule has 0 saturated heterocycles. The lowest BCUT2D eigenvalue weighted by Crippen LogP contribution is -2.17. The predicted octanol–water partition coefficient (Wildman–Crippen LogP) is 4.76. The van der Waals surface area contributed by atoms with Gasteiger partial charge in [-0.05, 0) is 42.2 Å². The molecule has 3 rings (SSSR count). The van der Waals surface area contributed by atoms with Gasteiger partial charge < -0.3 is 9.15 Å². The maximum atomic E-state index is 13.2. The summed E-state index contributed by atoms with van der Waals surface area (Å²) in [6, 6.07) is 12.5. The zero-order valence-corrected chi connectivity index (χ0v) is 16.0. The summed E-state index contributed by atoms with van der Waals surface area (Å²) in [5.41, 5.74) is 2.15. The van der Waals surface area contributed by atoms with Crippen LogP contribution in [0.15, 0.2) is 51.7 Å². The Morgan fingerprint density at radius 1 is 1.15 bits per heavy atom. The van der Waals surface area contributed by atoms with E-state index in [-0.39, 0.29) is 23.1 Å². The van der Waals surface area contributed by atoms with Crippen LogP contribution in [0.25, 0.3) is 22.1 Å². The van der Waals surface area contributed by atoms with Crippen molar-refractivity contribution < 1.29 is 13.9 Å². The molecule has 1 heterocycles. The average Bonchev–Trinajstić information content (AvgIpc) is 2.62. The summed E-state index contributed by atoms with van der Waals surface area (Å²) < 4.78 is 11.2. The Bertz CT molecular complexity index is 1030. The highest BCUT2D eigenvalue weighted by Gasteiger charge is 2.19. The van der Waals surface area contributed by atoms with Crippen molar-refractivity contribution in [2.75, 3.05) is 12.4 Å². The van der Waals surface area contributed by atoms with Crippen molar-refractivity contribution in [3.63, 3.8) is 0 Å². The van der Waals surface area contributed by atoms with Crippen LogP contribution < -0.4 is 15.5 Å². The maximum absolute atomic E-state index is 13.2. The number of fused-ring (bicyclic) bond motifs is 1. The normalized spacial score (nSPS) is 11.0. The Balaban J connectivity index is 2.21. The van der Waals surface area contributed by atoms with E-state index in [2.05, 4.69) is 5.32 Å². The molecule has 2 aromatic carbocycles. The lowest BCUT2D eigenvalue weighted by atomic mass is 10.0. The van der Waals surface area contributed by atoms with Gasteiger partial charge >= 0.3 is 0 Å². The number of benzene rings is 2. The number of hydrogen-bond acceptors (Lipinski definition) is 4. The number of aryl methyl sites for hydroxylation is 1. The number of ether oxygens (including phenoxy) is 1. The zero-order chi connectivity index (χ0) is 19.6. The van der Waals surface area contributed by atoms with Gasteiger partial charge in [0.2, 0.25) is 17.2 Å². The monoisotopic (exact) mass is 365 g/mol. The molecule has 5 heteroatoms. The van der Waals surface area contributed by atoms with Crippen LogP contribution in [0.3, 0.4) is 0 Å². The second kappa shape index (κ2) is 7.66. The Kier molecular flexibility index (Phi) is 5.31. The quantitative estimate of drug-likeness (QED) is 0.708. The summed E-state index contributed by atoms with van der Waals surface area (Å²) in [7, 11) is 1.58. The first-order valence-electron chi connectivity index (χ1n) is 8.91. The molecule has 0 unspecified atom stereocenters. The third kappa shape index (κ3) is 3.87. The van der Waals surface area contributed by atoms with Crippen molar-refractivity contribution in [3.05, 3.63) is 58.3 Å². The Morgan fingerprint density at radius 2 is 1.85 bits per heavy atom. The molecule has 0 aliphatic heterocycles. The molecule has 0 bridgehead atoms. The fourth-order valence-corrected chi connectivity index (χ4v) is 3.01. The number of anilines is 1. The average molecular weight is 365 g/mol. The highest BCUT2D eigenvalue weighted by atomic mass is 16.5. The van der Waals surface area contributed by atoms with E-state index in [4.69, 9.17) is 9.15 Å². The minimum Gasteiger partial charge on any atom is -0.497 e. The van der Waals surface area contributed by atoms with E-state index in [1.807, 2.05) is 32.9 Å². The van der Waals surface area contributed by atoms with E-state index in [0.29, 0.717) is 34.3 Å². The van der Waals surface area contributed by atoms with Gasteiger partial charge in [0.25, 0.3) is 0 Å². The number of amides is 1. The molecule has 0 aliphatic carbocycles. The van der Waals surface area contributed by atoms with Crippen LogP contribution in [0.2, 0.25) is 0 Å². The van der Waals surface area contributed by atoms with E-state index in [1.54, 1.807) is 37.4 Å². The first-order chi connectivity index (χ1) is 12.9. The smallest absolute Gasteiger partial charge is 0.226 e. The summed E-state index contributed by atoms with van der Waals surface area (Å²) in [5.74, 6) is 0.877. The second-order valence-corrected chi connectivity index (χ2v) is 6.96. The largest absolute Gasteiger partial charge is 0.497 e. The number of nitrogens with one attached hydrogen (secondary N) is 1. The van der Waals surface area contributed by atoms with Crippen molar-refractivity contribution in [2.24, 2.45) is 5.92 Å². The molecule has 0 spiro atoms. The van der Waals surface area contributed by atoms with Crippen molar-refractivity contribution in [1.29, 1.82) is 0 Å². The first-order valence-corrected chi connectivity index (χ1v) is 8.91. The van der Waals surface area contributed by atoms with Crippen LogP contribution in [0.5, 0.6) is 5.75 Å². The molecule has 27 heavy (non-hydrogen) atoms. The summed E-state index contributed by atoms with van der Waals surface area (Å²) >= 11 is 0. The van der Waals surface area contributed by atoms with E-state index in [0.717, 1.165) is 5.56 Å². The summed E-state index contributed by atoms with van der Waals surface area (Å²) in [6.45, 7) is 5.80. The molecular formula is C22H23NO4. The van der Waals surface area contributed by atoms with Crippen LogP contribution in [-0.2, 0) is 4.79 Å². The number of para-hydroxylation sites is 1. The topological polar surface area (TPSA) is 68.5 Å². The van der Waals surface area contributed by atoms with Gasteiger partial charge in [-0.1, -0.05) is 38.1 Å². The van der Waals surface area contributed by atoms with Crippen LogP contribution in [0, 0.1) is 12.8 Å². The summed E-state index contributed by atoms with van der Waals surface area (Å²) in [4.78, 5) is 25.6. The van der Waals surface area contributed by atoms with E-state index < -0.39 is 0 Å². The molecule has 0 fully saturated rings. The molecule has 1 aromatic heterocycles. The van der Waals surface area contributed by atoms with Crippen LogP contribution in [0.4, 0.5) is 5.88 Å². The summed E-state index contributed by atoms with van der Waals surface area (Å²) in [6.07, 6.45) is 0.345. The molecule has 1 N–H and O–H groups in total. The van der Waals surface area contributed by atoms with Gasteiger partial charge in [-0.2, -0.15) is 0 Å². The Hall–Kier alpha value is -3.08. The van der Waals surface area contributed by atoms with Gasteiger partial charge in [0.15, 0.2) is 0 Å². The Morgan fingerprint density at radius 3 is 2.48 bits per heavy atom. The van der Waals surface area contributed by atoms with Gasteiger partial charge in [-0.25, -0.2) is 0 Å². The van der Waals surface area contributed by atoms with E-state index in [1.165, 1.54) is 0 Å². The van der Waals surface area contributed by atoms with E-state index >= 15 is 0 Å². The number of carbonyl (C=O) groups is 1. The minimum absolute atomic E-state index is 0.176. The molecule has 1 amide bonds. The predicted molar refractivity (Wildman–Crippen MR) is 107 cm³/mol. The highest BCUT2D eigenvalue weighted by Crippen LogP contribution is 2.31. The molecule has 0 saturated carbocycles. The third-order valence-corrected chi connectivity index (χ3v) is 4.34. The van der Waals surface area contributed by atoms with Crippen molar-refractivity contribution in [3.8, 4) is 16.9 Å². The zero-order valence-electron chi connectivity index (χ0n) is 16.0. The fourth-order valence-electron chi connectivity index (χ4n) is 3.01. The molecule has 140 valence electrons. The first kappa shape index (κ1) is 18.7. The number of hydrogen-bond donors (Lipinski definition) is 1. The second-order valence-electron chi connectivity index (χ2n) is 6.96. The van der Waals surface area contributed by atoms with Gasteiger partial charge in [0.1, 0.15) is 11.3 Å². The third-order valence-electron chi connectivity index (χ3n) is 4.34. The fraction of sp³-hybridized carbons (Fsp3) is 0.273. The Labute approximate surface area is 158 Å². The summed E-state index contributed by atoms with van der Waals surface area (Å²) in [5, 5.41) is 3.28. The van der Waals surface area contributed by atoms with Crippen LogP contribution in [0.1, 0.15) is 25.8 Å². The molecule has 5 nitrogen and oxygen atoms in total. The number of rotatable bonds is 5. The van der Waals surface area contributed by atoms with Crippen LogP contribution >= 0.6 is 0 Å². The van der Waals surface area contributed by atoms with E-state index in [9.17, 15) is 9.59 Å². The van der Waals surface area contributed by atoms with Crippen LogP contribution in [-0.4, -0.2) is 13.0 Å². The minimum atomic E-state index is -0.184. The maximum Gasteiger partial charge on any atom is 0.226 e. The van der Waals surface area contributed by atoms with Crippen molar-refractivity contribution in [1.82, 2.24) is 0 Å². The SMILES string of the molecule is COc1ccc(-c2c(NC(=O)CC(C)C)oc3c(C)cccc3c2=O)cc1. The van der Waals surface area contributed by atoms with Gasteiger partial charge in [0, 0.05) is 6.42 Å². The van der Waals surface area contributed by atoms with Gasteiger partial charge in [-0.15, -0.1) is 0 Å². The lowest BCUT2D eigenvalue weighted by molar-refractivity contribution is -0.116. The van der Waals surface area contributed by atoms with Crippen molar-refractivity contribution in [2.45, 2.75) is 27.2 Å². The molecule has 0 radical (unpaired) electrons. The van der Waals surface area contributed by atoms with Gasteiger partial charge in [0.05, 0.1) is 18.1 Å². The molecule has 3 aromatic rings. The van der Waals surface area contributed by atoms with Crippen molar-refractivity contribution >= 4 is 22.8 Å². The van der Waals surface area contributed by atoms with Gasteiger partial charge in [-0.3, -0.25) is 14.9 Å². The molecule has 0 atom stereocenters. The highest BCUT2D eigenvalue weighted by molar-refractivity contribution is 5.96. The number of methoxy groups -OCH3 is 1. The standard InChI is InChI=1S/C22H23NO4/c1-13(2)12-18(24)23-22-19(15-8-10-16(26-4)11-9-15)20(25)17-7-5-6-14(3)21(17)27-22/h5-11,13H,12H2,1-4H3,(H,23,24). The molecule has 0 aliphatic rings. The molecular weight excluding hydrogens is 342 g/mol. The number of carbonyl (C=O) groups excluding carboxylic acids is 1.